The van der Waals surface area contributed by atoms with Crippen molar-refractivity contribution in [3.8, 4) is 0 Å². The molecule has 4 nitrogen and oxygen atoms in total. The Hall–Kier alpha value is -3.18. The van der Waals surface area contributed by atoms with E-state index in [9.17, 15) is 9.59 Å². The molecule has 140 valence electrons. The molecule has 0 bridgehead atoms. The van der Waals surface area contributed by atoms with E-state index < -0.39 is 0 Å². The Morgan fingerprint density at radius 3 is 2.71 bits per heavy atom. The number of carbonyl (C=O) groups excluding carboxylic acids is 2. The predicted octanol–water partition coefficient (Wildman–Crippen LogP) is 4.64. The number of rotatable bonds is 3. The number of hydrogen-bond acceptors (Lipinski definition) is 3. The van der Waals surface area contributed by atoms with Crippen LogP contribution in [0.2, 0.25) is 0 Å². The molecular weight excluding hydrogens is 368 g/mol. The van der Waals surface area contributed by atoms with Crippen LogP contribution >= 0.6 is 11.3 Å². The summed E-state index contributed by atoms with van der Waals surface area (Å²) in [5.74, 6) is -0.377. The van der Waals surface area contributed by atoms with Crippen molar-refractivity contribution in [1.29, 1.82) is 0 Å². The highest BCUT2D eigenvalue weighted by Gasteiger charge is 2.33. The lowest BCUT2D eigenvalue weighted by Crippen LogP contribution is -2.37. The molecule has 3 aromatic rings. The summed E-state index contributed by atoms with van der Waals surface area (Å²) in [7, 11) is 0. The molecule has 1 N–H and O–H groups in total. The van der Waals surface area contributed by atoms with Gasteiger partial charge in [0, 0.05) is 22.2 Å². The zero-order chi connectivity index (χ0) is 19.5. The maximum absolute atomic E-state index is 13.1. The second-order valence-corrected chi connectivity index (χ2v) is 7.75. The second kappa shape index (κ2) is 7.82. The number of fused-ring (bicyclic) bond motifs is 1. The lowest BCUT2D eigenvalue weighted by molar-refractivity contribution is -0.131. The summed E-state index contributed by atoms with van der Waals surface area (Å²) in [6.07, 6.45) is 3.33. The molecule has 1 aliphatic rings. The van der Waals surface area contributed by atoms with Crippen molar-refractivity contribution >= 4 is 34.9 Å². The van der Waals surface area contributed by atoms with Gasteiger partial charge in [0.2, 0.25) is 11.8 Å². The molecule has 0 radical (unpaired) electrons. The minimum Gasteiger partial charge on any atom is -0.324 e. The molecule has 0 saturated carbocycles. The van der Waals surface area contributed by atoms with E-state index in [4.69, 9.17) is 0 Å². The van der Waals surface area contributed by atoms with Gasteiger partial charge < -0.3 is 10.2 Å². The van der Waals surface area contributed by atoms with Crippen LogP contribution in [0.25, 0.3) is 6.08 Å². The lowest BCUT2D eigenvalue weighted by Gasteiger charge is -2.28. The van der Waals surface area contributed by atoms with E-state index in [0.29, 0.717) is 0 Å². The van der Waals surface area contributed by atoms with E-state index in [2.05, 4.69) is 5.32 Å². The molecule has 28 heavy (non-hydrogen) atoms. The minimum atomic E-state index is -0.304. The van der Waals surface area contributed by atoms with E-state index in [1.807, 2.05) is 73.0 Å². The molecule has 2 aromatic carbocycles. The minimum absolute atomic E-state index is 0.00819. The fourth-order valence-corrected chi connectivity index (χ4v) is 4.27. The van der Waals surface area contributed by atoms with E-state index in [1.165, 1.54) is 0 Å². The predicted molar refractivity (Wildman–Crippen MR) is 113 cm³/mol. The van der Waals surface area contributed by atoms with E-state index in [-0.39, 0.29) is 24.4 Å². The van der Waals surface area contributed by atoms with Gasteiger partial charge >= 0.3 is 0 Å². The van der Waals surface area contributed by atoms with Crippen molar-refractivity contribution in [3.63, 3.8) is 0 Å². The number of hydrogen-bond donors (Lipinski definition) is 1. The zero-order valence-electron chi connectivity index (χ0n) is 15.5. The number of aryl methyl sites for hydroxylation is 1. The average molecular weight is 388 g/mol. The highest BCUT2D eigenvalue weighted by atomic mass is 32.1. The van der Waals surface area contributed by atoms with Crippen LogP contribution < -0.4 is 5.32 Å². The van der Waals surface area contributed by atoms with Gasteiger partial charge in [-0.05, 0) is 36.1 Å². The van der Waals surface area contributed by atoms with Crippen molar-refractivity contribution < 1.29 is 9.59 Å². The van der Waals surface area contributed by atoms with Gasteiger partial charge in [0.05, 0.1) is 6.04 Å². The molecule has 1 aromatic heterocycles. The molecule has 1 atom stereocenters. The monoisotopic (exact) mass is 388 g/mol. The molecule has 0 spiro atoms. The second-order valence-electron chi connectivity index (χ2n) is 6.77. The molecule has 0 saturated heterocycles. The summed E-state index contributed by atoms with van der Waals surface area (Å²) in [5.41, 5.74) is 3.73. The lowest BCUT2D eigenvalue weighted by atomic mass is 9.99. The standard InChI is InChI=1S/C23H20N2O2S/c1-16-9-11-19-18(14-16)23(20-8-5-13-28-20)25(15-21(26)24-19)22(27)12-10-17-6-3-2-4-7-17/h2-14,23H,15H2,1H3,(H,24,26)/b12-10-. The van der Waals surface area contributed by atoms with Crippen LogP contribution in [0.4, 0.5) is 5.69 Å². The molecule has 0 fully saturated rings. The third-order valence-corrected chi connectivity index (χ3v) is 5.64. The highest BCUT2D eigenvalue weighted by Crippen LogP contribution is 2.38. The first-order valence-corrected chi connectivity index (χ1v) is 9.97. The third kappa shape index (κ3) is 3.75. The first-order valence-electron chi connectivity index (χ1n) is 9.09. The van der Waals surface area contributed by atoms with Crippen LogP contribution in [-0.4, -0.2) is 23.3 Å². The third-order valence-electron chi connectivity index (χ3n) is 4.72. The van der Waals surface area contributed by atoms with Gasteiger partial charge in [-0.25, -0.2) is 0 Å². The number of nitrogens with one attached hydrogen (secondary N) is 1. The Morgan fingerprint density at radius 2 is 1.96 bits per heavy atom. The Balaban J connectivity index is 1.76. The van der Waals surface area contributed by atoms with Gasteiger partial charge in [0.25, 0.3) is 0 Å². The molecule has 1 aliphatic heterocycles. The Morgan fingerprint density at radius 1 is 1.14 bits per heavy atom. The fraction of sp³-hybridized carbons (Fsp3) is 0.130. The number of carbonyl (C=O) groups is 2. The number of anilines is 1. The maximum atomic E-state index is 13.1. The van der Waals surface area contributed by atoms with Crippen molar-refractivity contribution in [2.45, 2.75) is 13.0 Å². The van der Waals surface area contributed by atoms with Gasteiger partial charge in [0.15, 0.2) is 0 Å². The topological polar surface area (TPSA) is 49.4 Å². The van der Waals surface area contributed by atoms with Crippen LogP contribution in [0.15, 0.2) is 72.1 Å². The van der Waals surface area contributed by atoms with E-state index in [0.717, 1.165) is 27.3 Å². The number of benzene rings is 2. The molecule has 5 heteroatoms. The van der Waals surface area contributed by atoms with Gasteiger partial charge in [-0.3, -0.25) is 9.59 Å². The van der Waals surface area contributed by atoms with Gasteiger partial charge in [-0.15, -0.1) is 11.3 Å². The first-order chi connectivity index (χ1) is 13.6. The Kier molecular flexibility index (Phi) is 5.08. The summed E-state index contributed by atoms with van der Waals surface area (Å²) >= 11 is 1.59. The molecular formula is C23H20N2O2S. The highest BCUT2D eigenvalue weighted by molar-refractivity contribution is 7.10. The number of thiophene rings is 1. The summed E-state index contributed by atoms with van der Waals surface area (Å²) in [5, 5.41) is 4.94. The van der Waals surface area contributed by atoms with Crippen LogP contribution in [0.1, 0.15) is 27.6 Å². The normalized spacial score (nSPS) is 16.5. The van der Waals surface area contributed by atoms with E-state index >= 15 is 0 Å². The average Bonchev–Trinajstić information content (AvgIpc) is 3.18. The van der Waals surface area contributed by atoms with Gasteiger partial charge in [-0.1, -0.05) is 54.1 Å². The van der Waals surface area contributed by atoms with Crippen LogP contribution in [0, 0.1) is 6.92 Å². The summed E-state index contributed by atoms with van der Waals surface area (Å²) < 4.78 is 0. The Bertz CT molecular complexity index is 1030. The quantitative estimate of drug-likeness (QED) is 0.665. The summed E-state index contributed by atoms with van der Waals surface area (Å²) in [4.78, 5) is 28.3. The summed E-state index contributed by atoms with van der Waals surface area (Å²) in [6.45, 7) is 2.02. The zero-order valence-corrected chi connectivity index (χ0v) is 16.3. The van der Waals surface area contributed by atoms with Crippen LogP contribution in [-0.2, 0) is 9.59 Å². The maximum Gasteiger partial charge on any atom is 0.247 e. The Labute approximate surface area is 168 Å². The first kappa shape index (κ1) is 18.2. The van der Waals surface area contributed by atoms with Gasteiger partial charge in [0.1, 0.15) is 6.54 Å². The molecule has 4 rings (SSSR count). The number of nitrogens with zero attached hydrogens (tertiary/aromatic N) is 1. The molecule has 2 amide bonds. The van der Waals surface area contributed by atoms with Crippen LogP contribution in [0.5, 0.6) is 0 Å². The van der Waals surface area contributed by atoms with Crippen molar-refractivity contribution in [1.82, 2.24) is 4.90 Å². The molecule has 2 heterocycles. The van der Waals surface area contributed by atoms with Gasteiger partial charge in [-0.2, -0.15) is 0 Å². The molecule has 1 unspecified atom stereocenters. The molecule has 0 aliphatic carbocycles. The fourth-order valence-electron chi connectivity index (χ4n) is 3.41. The van der Waals surface area contributed by atoms with Crippen molar-refractivity contribution in [3.05, 3.63) is 93.7 Å². The summed E-state index contributed by atoms with van der Waals surface area (Å²) in [6, 6.07) is 19.3. The van der Waals surface area contributed by atoms with Crippen molar-refractivity contribution in [2.75, 3.05) is 11.9 Å². The largest absolute Gasteiger partial charge is 0.324 e. The van der Waals surface area contributed by atoms with Crippen LogP contribution in [0.3, 0.4) is 0 Å². The van der Waals surface area contributed by atoms with Crippen molar-refractivity contribution in [2.24, 2.45) is 0 Å². The number of amides is 2. The SMILES string of the molecule is Cc1ccc2c(c1)C(c1cccs1)N(C(=O)/C=C\c1ccccc1)CC(=O)N2. The van der Waals surface area contributed by atoms with E-state index in [1.54, 1.807) is 28.4 Å². The smallest absolute Gasteiger partial charge is 0.247 e.